The van der Waals surface area contributed by atoms with Crippen molar-refractivity contribution in [3.05, 3.63) is 23.8 Å². The Morgan fingerprint density at radius 2 is 2.09 bits per heavy atom. The number of allylic oxidation sites excluding steroid dienone is 3. The van der Waals surface area contributed by atoms with E-state index in [2.05, 4.69) is 45.7 Å². The molecule has 0 aromatic heterocycles. The first kappa shape index (κ1) is 16.8. The lowest BCUT2D eigenvalue weighted by molar-refractivity contribution is -0.115. The van der Waals surface area contributed by atoms with Gasteiger partial charge in [0.15, 0.2) is 0 Å². The lowest BCUT2D eigenvalue weighted by Gasteiger charge is -2.60. The summed E-state index contributed by atoms with van der Waals surface area (Å²) in [5, 5.41) is 3.21. The van der Waals surface area contributed by atoms with E-state index in [-0.39, 0.29) is 5.54 Å². The Morgan fingerprint density at radius 3 is 2.74 bits per heavy atom. The SMILES string of the molecule is C=C1CCC2C3C(CCC2(C)NC=O)C(C)CC(C=C(C)C)C13. The van der Waals surface area contributed by atoms with Gasteiger partial charge in [-0.05, 0) is 88.4 Å². The summed E-state index contributed by atoms with van der Waals surface area (Å²) < 4.78 is 0. The van der Waals surface area contributed by atoms with Crippen molar-refractivity contribution in [1.82, 2.24) is 5.32 Å². The van der Waals surface area contributed by atoms with Crippen LogP contribution < -0.4 is 5.32 Å². The van der Waals surface area contributed by atoms with Crippen molar-refractivity contribution in [2.24, 2.45) is 35.5 Å². The molecule has 0 aliphatic heterocycles. The molecule has 3 fully saturated rings. The summed E-state index contributed by atoms with van der Waals surface area (Å²) in [7, 11) is 0. The molecule has 0 radical (unpaired) electrons. The second-order valence-electron chi connectivity index (χ2n) is 8.91. The van der Waals surface area contributed by atoms with Gasteiger partial charge in [-0.1, -0.05) is 30.7 Å². The first-order valence-electron chi connectivity index (χ1n) is 9.41. The average molecular weight is 316 g/mol. The van der Waals surface area contributed by atoms with Gasteiger partial charge in [-0.3, -0.25) is 4.79 Å². The molecule has 0 bridgehead atoms. The first-order chi connectivity index (χ1) is 10.9. The van der Waals surface area contributed by atoms with Crippen molar-refractivity contribution in [3.63, 3.8) is 0 Å². The second kappa shape index (κ2) is 6.11. The van der Waals surface area contributed by atoms with Gasteiger partial charge in [-0.25, -0.2) is 0 Å². The van der Waals surface area contributed by atoms with Crippen molar-refractivity contribution >= 4 is 6.41 Å². The molecular weight excluding hydrogens is 282 g/mol. The summed E-state index contributed by atoms with van der Waals surface area (Å²) in [6, 6.07) is 0. The van der Waals surface area contributed by atoms with Gasteiger partial charge in [0.1, 0.15) is 0 Å². The predicted octanol–water partition coefficient (Wildman–Crippen LogP) is 4.72. The van der Waals surface area contributed by atoms with Gasteiger partial charge in [-0.2, -0.15) is 0 Å². The van der Waals surface area contributed by atoms with E-state index in [9.17, 15) is 4.79 Å². The monoisotopic (exact) mass is 315 g/mol. The van der Waals surface area contributed by atoms with Crippen molar-refractivity contribution in [3.8, 4) is 0 Å². The van der Waals surface area contributed by atoms with E-state index in [0.717, 1.165) is 31.1 Å². The molecule has 0 aromatic carbocycles. The molecule has 0 saturated heterocycles. The minimum absolute atomic E-state index is 0.0194. The lowest BCUT2D eigenvalue weighted by Crippen LogP contribution is -2.60. The molecule has 3 aliphatic rings. The average Bonchev–Trinajstić information content (AvgIpc) is 2.45. The normalized spacial score (nSPS) is 45.8. The molecule has 7 atom stereocenters. The summed E-state index contributed by atoms with van der Waals surface area (Å²) in [4.78, 5) is 11.2. The largest absolute Gasteiger partial charge is 0.353 e. The van der Waals surface area contributed by atoms with E-state index >= 15 is 0 Å². The Morgan fingerprint density at radius 1 is 1.35 bits per heavy atom. The van der Waals surface area contributed by atoms with Crippen LogP contribution in [0.4, 0.5) is 0 Å². The highest BCUT2D eigenvalue weighted by molar-refractivity contribution is 5.48. The zero-order chi connectivity index (χ0) is 16.8. The topological polar surface area (TPSA) is 29.1 Å². The molecule has 3 saturated carbocycles. The van der Waals surface area contributed by atoms with Gasteiger partial charge in [0.05, 0.1) is 0 Å². The van der Waals surface area contributed by atoms with E-state index in [0.29, 0.717) is 23.7 Å². The van der Waals surface area contributed by atoms with Crippen LogP contribution in [0.15, 0.2) is 23.8 Å². The van der Waals surface area contributed by atoms with E-state index in [4.69, 9.17) is 0 Å². The molecule has 2 heteroatoms. The zero-order valence-corrected chi connectivity index (χ0v) is 15.3. The number of rotatable bonds is 3. The van der Waals surface area contributed by atoms with Crippen molar-refractivity contribution in [2.45, 2.75) is 65.3 Å². The fourth-order valence-corrected chi connectivity index (χ4v) is 6.29. The van der Waals surface area contributed by atoms with Gasteiger partial charge in [0.2, 0.25) is 6.41 Å². The van der Waals surface area contributed by atoms with E-state index in [1.54, 1.807) is 0 Å². The molecule has 1 amide bonds. The molecule has 0 spiro atoms. The first-order valence-corrected chi connectivity index (χ1v) is 9.41. The number of hydrogen-bond donors (Lipinski definition) is 1. The summed E-state index contributed by atoms with van der Waals surface area (Å²) in [6.07, 6.45) is 9.46. The van der Waals surface area contributed by atoms with Gasteiger partial charge >= 0.3 is 0 Å². The maximum absolute atomic E-state index is 11.2. The van der Waals surface area contributed by atoms with E-state index in [1.165, 1.54) is 30.4 Å². The molecule has 1 N–H and O–H groups in total. The fraction of sp³-hybridized carbons (Fsp3) is 0.762. The van der Waals surface area contributed by atoms with Crippen LogP contribution in [0, 0.1) is 35.5 Å². The highest BCUT2D eigenvalue weighted by atomic mass is 16.1. The van der Waals surface area contributed by atoms with Crippen LogP contribution in [-0.4, -0.2) is 11.9 Å². The summed E-state index contributed by atoms with van der Waals surface area (Å²) in [6.45, 7) is 13.7. The summed E-state index contributed by atoms with van der Waals surface area (Å²) in [5.74, 6) is 4.17. The molecule has 3 rings (SSSR count). The molecule has 128 valence electrons. The lowest BCUT2D eigenvalue weighted by atomic mass is 9.46. The van der Waals surface area contributed by atoms with E-state index in [1.807, 2.05) is 0 Å². The van der Waals surface area contributed by atoms with Gasteiger partial charge in [-0.15, -0.1) is 0 Å². The van der Waals surface area contributed by atoms with Crippen molar-refractivity contribution in [1.29, 1.82) is 0 Å². The molecule has 23 heavy (non-hydrogen) atoms. The zero-order valence-electron chi connectivity index (χ0n) is 15.3. The maximum atomic E-state index is 11.2. The highest BCUT2D eigenvalue weighted by Crippen LogP contribution is 2.60. The minimum Gasteiger partial charge on any atom is -0.353 e. The number of hydrogen-bond acceptors (Lipinski definition) is 1. The van der Waals surface area contributed by atoms with Gasteiger partial charge < -0.3 is 5.32 Å². The Labute approximate surface area is 141 Å². The summed E-state index contributed by atoms with van der Waals surface area (Å²) >= 11 is 0. The Bertz CT molecular complexity index is 518. The third kappa shape index (κ3) is 2.79. The number of carbonyl (C=O) groups excluding carboxylic acids is 1. The van der Waals surface area contributed by atoms with Crippen LogP contribution >= 0.6 is 0 Å². The number of carbonyl (C=O) groups is 1. The standard InChI is InChI=1S/C21H33NO/c1-13(2)10-16-11-15(4)17-8-9-21(5,22-12-23)18-7-6-14(3)19(16)20(17)18/h10,12,15-20H,3,6-9,11H2,1-2,4-5H3,(H,22,23). The Kier molecular flexibility index (Phi) is 4.46. The van der Waals surface area contributed by atoms with E-state index < -0.39 is 0 Å². The van der Waals surface area contributed by atoms with Gasteiger partial charge in [0.25, 0.3) is 0 Å². The molecule has 3 aliphatic carbocycles. The van der Waals surface area contributed by atoms with Crippen molar-refractivity contribution in [2.75, 3.05) is 0 Å². The molecule has 0 aromatic rings. The number of amides is 1. The smallest absolute Gasteiger partial charge is 0.207 e. The van der Waals surface area contributed by atoms with Crippen LogP contribution in [0.1, 0.15) is 59.8 Å². The quantitative estimate of drug-likeness (QED) is 0.592. The summed E-state index contributed by atoms with van der Waals surface area (Å²) in [5.41, 5.74) is 2.88. The Hall–Kier alpha value is -1.05. The van der Waals surface area contributed by atoms with Crippen molar-refractivity contribution < 1.29 is 4.79 Å². The van der Waals surface area contributed by atoms with Crippen LogP contribution in [0.5, 0.6) is 0 Å². The number of nitrogens with one attached hydrogen (secondary N) is 1. The van der Waals surface area contributed by atoms with Crippen LogP contribution in [0.25, 0.3) is 0 Å². The minimum atomic E-state index is -0.0194. The van der Waals surface area contributed by atoms with Gasteiger partial charge in [0, 0.05) is 5.54 Å². The Balaban J connectivity index is 1.99. The van der Waals surface area contributed by atoms with Crippen LogP contribution in [-0.2, 0) is 4.79 Å². The molecular formula is C21H33NO. The molecule has 7 unspecified atom stereocenters. The fourth-order valence-electron chi connectivity index (χ4n) is 6.29. The van der Waals surface area contributed by atoms with Crippen LogP contribution in [0.2, 0.25) is 0 Å². The molecule has 2 nitrogen and oxygen atoms in total. The second-order valence-corrected chi connectivity index (χ2v) is 8.91. The third-order valence-corrected chi connectivity index (χ3v) is 7.21. The predicted molar refractivity (Wildman–Crippen MR) is 95.9 cm³/mol. The highest BCUT2D eigenvalue weighted by Gasteiger charge is 2.55. The third-order valence-electron chi connectivity index (χ3n) is 7.21. The van der Waals surface area contributed by atoms with Crippen LogP contribution in [0.3, 0.4) is 0 Å². The maximum Gasteiger partial charge on any atom is 0.207 e. The molecule has 0 heterocycles.